The van der Waals surface area contributed by atoms with Crippen LogP contribution in [0.4, 0.5) is 16.3 Å². The van der Waals surface area contributed by atoms with E-state index in [1.807, 2.05) is 36.4 Å². The lowest BCUT2D eigenvalue weighted by Gasteiger charge is -2.13. The van der Waals surface area contributed by atoms with Crippen LogP contribution in [0.3, 0.4) is 0 Å². The molecule has 2 aromatic carbocycles. The topological polar surface area (TPSA) is 104 Å². The van der Waals surface area contributed by atoms with E-state index in [-0.39, 0.29) is 5.82 Å². The predicted octanol–water partition coefficient (Wildman–Crippen LogP) is 3.90. The van der Waals surface area contributed by atoms with Crippen LogP contribution >= 0.6 is 0 Å². The quantitative estimate of drug-likeness (QED) is 0.400. The molecule has 0 bridgehead atoms. The average molecular weight is 416 g/mol. The molecule has 0 spiro atoms. The number of H-pyrrole nitrogens is 1. The predicted molar refractivity (Wildman–Crippen MR) is 115 cm³/mol. The van der Waals surface area contributed by atoms with Gasteiger partial charge >= 0.3 is 0 Å². The molecule has 3 N–H and O–H groups in total. The highest BCUT2D eigenvalue weighted by Gasteiger charge is 2.27. The maximum atomic E-state index is 14.5. The molecule has 156 valence electrons. The molecule has 0 saturated heterocycles. The van der Waals surface area contributed by atoms with Gasteiger partial charge in [-0.2, -0.15) is 30.4 Å². The van der Waals surface area contributed by atoms with Crippen LogP contribution in [0.1, 0.15) is 35.6 Å². The van der Waals surface area contributed by atoms with Gasteiger partial charge in [0.05, 0.1) is 12.7 Å². The number of aromatic amines is 1. The van der Waals surface area contributed by atoms with Crippen molar-refractivity contribution in [3.63, 3.8) is 0 Å². The number of hydrogen-bond acceptors (Lipinski definition) is 7. The summed E-state index contributed by atoms with van der Waals surface area (Å²) in [6.45, 7) is 0.715. The number of nitrogens with one attached hydrogen (secondary N) is 3. The van der Waals surface area contributed by atoms with E-state index in [0.717, 1.165) is 29.7 Å². The first-order valence-corrected chi connectivity index (χ1v) is 10.2. The summed E-state index contributed by atoms with van der Waals surface area (Å²) in [6.07, 6.45) is 3.84. The Kier molecular flexibility index (Phi) is 5.22. The van der Waals surface area contributed by atoms with Gasteiger partial charge in [0.25, 0.3) is 0 Å². The zero-order valence-electron chi connectivity index (χ0n) is 16.7. The minimum absolute atomic E-state index is 0.210. The van der Waals surface area contributed by atoms with Crippen LogP contribution < -0.4 is 10.6 Å². The third kappa shape index (κ3) is 4.50. The van der Waals surface area contributed by atoms with Crippen LogP contribution in [-0.4, -0.2) is 30.4 Å². The molecule has 0 atom stereocenters. The molecular weight excluding hydrogens is 395 g/mol. The van der Waals surface area contributed by atoms with Gasteiger partial charge in [-0.25, -0.2) is 4.39 Å². The fraction of sp³-hybridized carbons (Fsp3) is 0.227. The number of rotatable bonds is 8. The lowest BCUT2D eigenvalue weighted by Crippen LogP contribution is -2.12. The summed E-state index contributed by atoms with van der Waals surface area (Å²) in [7, 11) is 0. The third-order valence-corrected chi connectivity index (χ3v) is 5.16. The molecule has 0 unspecified atom stereocenters. The van der Waals surface area contributed by atoms with E-state index >= 15 is 0 Å². The van der Waals surface area contributed by atoms with Gasteiger partial charge < -0.3 is 10.6 Å². The van der Waals surface area contributed by atoms with Crippen LogP contribution in [0.5, 0.6) is 0 Å². The second kappa shape index (κ2) is 8.47. The maximum absolute atomic E-state index is 14.5. The van der Waals surface area contributed by atoms with Gasteiger partial charge in [0, 0.05) is 17.7 Å². The van der Waals surface area contributed by atoms with Gasteiger partial charge in [-0.1, -0.05) is 42.5 Å². The third-order valence-electron chi connectivity index (χ3n) is 5.16. The lowest BCUT2D eigenvalue weighted by molar-refractivity contribution is 0.609. The van der Waals surface area contributed by atoms with Gasteiger partial charge in [-0.05, 0) is 30.4 Å². The second-order valence-electron chi connectivity index (χ2n) is 7.42. The van der Waals surface area contributed by atoms with Crippen molar-refractivity contribution in [2.24, 2.45) is 0 Å². The van der Waals surface area contributed by atoms with E-state index < -0.39 is 0 Å². The van der Waals surface area contributed by atoms with Gasteiger partial charge in [0.2, 0.25) is 11.9 Å². The molecule has 8 nitrogen and oxygen atoms in total. The van der Waals surface area contributed by atoms with E-state index in [0.29, 0.717) is 42.3 Å². The molecular formula is C22H21FN8. The monoisotopic (exact) mass is 416 g/mol. The zero-order valence-corrected chi connectivity index (χ0v) is 16.7. The molecule has 2 heterocycles. The molecule has 1 saturated carbocycles. The van der Waals surface area contributed by atoms with Crippen LogP contribution in [0.15, 0.2) is 54.7 Å². The van der Waals surface area contributed by atoms with Gasteiger partial charge in [-0.3, -0.25) is 0 Å². The Morgan fingerprint density at radius 2 is 1.68 bits per heavy atom. The molecule has 9 heteroatoms. The normalized spacial score (nSPS) is 13.2. The summed E-state index contributed by atoms with van der Waals surface area (Å²) in [5.41, 5.74) is 3.33. The molecule has 1 aliphatic rings. The maximum Gasteiger partial charge on any atom is 0.228 e. The Hall–Kier alpha value is -3.88. The average Bonchev–Trinajstić information content (AvgIpc) is 3.52. The Morgan fingerprint density at radius 1 is 0.903 bits per heavy atom. The van der Waals surface area contributed by atoms with Crippen molar-refractivity contribution in [2.75, 3.05) is 10.6 Å². The summed E-state index contributed by atoms with van der Waals surface area (Å²) in [6, 6.07) is 14.9. The summed E-state index contributed by atoms with van der Waals surface area (Å²) >= 11 is 0. The molecule has 0 radical (unpaired) electrons. The minimum Gasteiger partial charge on any atom is -0.350 e. The largest absolute Gasteiger partial charge is 0.350 e. The Morgan fingerprint density at radius 3 is 2.39 bits per heavy atom. The number of anilines is 2. The molecule has 1 fully saturated rings. The Balaban J connectivity index is 1.41. The molecule has 0 aliphatic heterocycles. The molecule has 0 amide bonds. The Bertz CT molecular complexity index is 1160. The Labute approximate surface area is 178 Å². The van der Waals surface area contributed by atoms with Crippen molar-refractivity contribution in [2.45, 2.75) is 31.8 Å². The smallest absolute Gasteiger partial charge is 0.228 e. The summed E-state index contributed by atoms with van der Waals surface area (Å²) in [4.78, 5) is 13.5. The first-order valence-electron chi connectivity index (χ1n) is 10.2. The number of benzene rings is 2. The van der Waals surface area contributed by atoms with Crippen LogP contribution in [0.25, 0.3) is 11.4 Å². The van der Waals surface area contributed by atoms with Crippen molar-refractivity contribution in [3.8, 4) is 11.4 Å². The fourth-order valence-corrected chi connectivity index (χ4v) is 3.44. The van der Waals surface area contributed by atoms with Gasteiger partial charge in [0.15, 0.2) is 5.82 Å². The van der Waals surface area contributed by atoms with E-state index in [9.17, 15) is 4.39 Å². The van der Waals surface area contributed by atoms with Crippen LogP contribution in [0, 0.1) is 5.82 Å². The van der Waals surface area contributed by atoms with Gasteiger partial charge in [-0.15, -0.1) is 0 Å². The molecule has 5 rings (SSSR count). The number of aromatic nitrogens is 6. The number of hydrogen-bond donors (Lipinski definition) is 3. The van der Waals surface area contributed by atoms with Crippen molar-refractivity contribution in [3.05, 3.63) is 77.4 Å². The van der Waals surface area contributed by atoms with E-state index in [4.69, 9.17) is 0 Å². The molecule has 4 aromatic rings. The highest BCUT2D eigenvalue weighted by Crippen LogP contribution is 2.42. The standard InChI is InChI=1S/C22H21FN8/c23-19-8-4-7-17(14-9-10-14)18(19)13-25-22-28-20(15-5-2-1-3-6-15)27-21(29-22)24-11-16-12-26-31-30-16/h1-8,12,14H,9-11,13H2,(H,26,30,31)(H2,24,25,27,28,29). The van der Waals surface area contributed by atoms with Gasteiger partial charge in [0.1, 0.15) is 11.5 Å². The highest BCUT2D eigenvalue weighted by molar-refractivity contribution is 5.58. The van der Waals surface area contributed by atoms with Crippen molar-refractivity contribution < 1.29 is 4.39 Å². The van der Waals surface area contributed by atoms with Crippen molar-refractivity contribution in [1.82, 2.24) is 30.4 Å². The van der Waals surface area contributed by atoms with Crippen LogP contribution in [0.2, 0.25) is 0 Å². The summed E-state index contributed by atoms with van der Waals surface area (Å²) in [5.74, 6) is 1.54. The number of nitrogens with zero attached hydrogens (tertiary/aromatic N) is 5. The molecule has 2 aromatic heterocycles. The molecule has 31 heavy (non-hydrogen) atoms. The van der Waals surface area contributed by atoms with Crippen LogP contribution in [-0.2, 0) is 13.1 Å². The van der Waals surface area contributed by atoms with E-state index in [2.05, 4.69) is 41.0 Å². The first kappa shape index (κ1) is 19.1. The summed E-state index contributed by atoms with van der Waals surface area (Å²) in [5, 5.41) is 16.7. The second-order valence-corrected chi connectivity index (χ2v) is 7.42. The lowest BCUT2D eigenvalue weighted by atomic mass is 10.0. The summed E-state index contributed by atoms with van der Waals surface area (Å²) < 4.78 is 14.5. The highest BCUT2D eigenvalue weighted by atomic mass is 19.1. The van der Waals surface area contributed by atoms with E-state index in [1.54, 1.807) is 12.3 Å². The zero-order chi connectivity index (χ0) is 21.0. The van der Waals surface area contributed by atoms with Crippen molar-refractivity contribution >= 4 is 11.9 Å². The number of halogens is 1. The van der Waals surface area contributed by atoms with Crippen molar-refractivity contribution in [1.29, 1.82) is 0 Å². The minimum atomic E-state index is -0.210. The SMILES string of the molecule is Fc1cccc(C2CC2)c1CNc1nc(NCc2cn[nH]n2)nc(-c2ccccc2)n1. The fourth-order valence-electron chi connectivity index (χ4n) is 3.44. The first-order chi connectivity index (χ1) is 15.3. The van der Waals surface area contributed by atoms with E-state index in [1.165, 1.54) is 6.07 Å². The molecule has 1 aliphatic carbocycles.